The number of aryl methyl sites for hydroxylation is 1. The molecule has 0 radical (unpaired) electrons. The number of benzene rings is 1. The number of halogens is 1. The maximum atomic E-state index is 11.1. The Kier molecular flexibility index (Phi) is 3.15. The summed E-state index contributed by atoms with van der Waals surface area (Å²) in [4.78, 5) is 14.3. The highest BCUT2D eigenvalue weighted by Gasteiger charge is 2.06. The summed E-state index contributed by atoms with van der Waals surface area (Å²) >= 11 is 5.67. The Bertz CT molecular complexity index is 519. The number of primary amides is 1. The highest BCUT2D eigenvalue weighted by atomic mass is 35.5. The van der Waals surface area contributed by atoms with Crippen molar-refractivity contribution in [2.45, 2.75) is 12.8 Å². The minimum Gasteiger partial charge on any atom is -0.366 e. The van der Waals surface area contributed by atoms with E-state index in [1.54, 1.807) is 6.07 Å². The first-order valence-electron chi connectivity index (χ1n) is 5.18. The van der Waals surface area contributed by atoms with Gasteiger partial charge in [0.15, 0.2) is 0 Å². The molecule has 1 heterocycles. The van der Waals surface area contributed by atoms with Gasteiger partial charge >= 0.3 is 0 Å². The maximum absolute atomic E-state index is 11.1. The quantitative estimate of drug-likeness (QED) is 0.787. The first-order valence-corrected chi connectivity index (χ1v) is 5.71. The number of fused-ring (bicyclic) bond motifs is 1. The Hall–Kier alpha value is -1.48. The Labute approximate surface area is 98.6 Å². The molecule has 0 unspecified atom stereocenters. The molecule has 0 spiro atoms. The molecular formula is C12H13ClN2O. The van der Waals surface area contributed by atoms with Crippen molar-refractivity contribution in [3.05, 3.63) is 35.5 Å². The van der Waals surface area contributed by atoms with Crippen LogP contribution < -0.4 is 5.73 Å². The van der Waals surface area contributed by atoms with Gasteiger partial charge in [-0.05, 0) is 36.6 Å². The maximum Gasteiger partial charge on any atom is 0.248 e. The molecule has 4 heteroatoms. The van der Waals surface area contributed by atoms with E-state index in [0.29, 0.717) is 11.4 Å². The van der Waals surface area contributed by atoms with Gasteiger partial charge in [-0.3, -0.25) is 4.79 Å². The summed E-state index contributed by atoms with van der Waals surface area (Å²) < 4.78 is 0. The molecule has 0 aliphatic rings. The van der Waals surface area contributed by atoms with Crippen molar-refractivity contribution >= 4 is 28.4 Å². The van der Waals surface area contributed by atoms with Crippen LogP contribution in [0.1, 0.15) is 22.3 Å². The molecule has 3 nitrogen and oxygen atoms in total. The van der Waals surface area contributed by atoms with Crippen molar-refractivity contribution in [1.82, 2.24) is 4.98 Å². The number of rotatable bonds is 4. The van der Waals surface area contributed by atoms with Crippen molar-refractivity contribution in [3.63, 3.8) is 0 Å². The second kappa shape index (κ2) is 4.58. The SMILES string of the molecule is NC(=O)c1ccc2[nH]cc(CCCCl)c2c1. The second-order valence-corrected chi connectivity index (χ2v) is 4.11. The molecule has 0 bridgehead atoms. The number of nitrogens with two attached hydrogens (primary N) is 1. The molecule has 84 valence electrons. The third-order valence-corrected chi connectivity index (χ3v) is 2.90. The van der Waals surface area contributed by atoms with Crippen LogP contribution in [0.5, 0.6) is 0 Å². The van der Waals surface area contributed by atoms with E-state index in [1.807, 2.05) is 18.3 Å². The van der Waals surface area contributed by atoms with Crippen LogP contribution in [0.25, 0.3) is 10.9 Å². The number of nitrogens with one attached hydrogen (secondary N) is 1. The third kappa shape index (κ3) is 2.04. The lowest BCUT2D eigenvalue weighted by molar-refractivity contribution is 0.100. The molecule has 3 N–H and O–H groups in total. The Morgan fingerprint density at radius 2 is 2.25 bits per heavy atom. The summed E-state index contributed by atoms with van der Waals surface area (Å²) in [6, 6.07) is 5.43. The van der Waals surface area contributed by atoms with Crippen LogP contribution in [0.3, 0.4) is 0 Å². The molecule has 0 saturated heterocycles. The van der Waals surface area contributed by atoms with E-state index in [4.69, 9.17) is 17.3 Å². The fourth-order valence-corrected chi connectivity index (χ4v) is 1.93. The number of carbonyl (C=O) groups excluding carboxylic acids is 1. The van der Waals surface area contributed by atoms with Gasteiger partial charge in [-0.1, -0.05) is 0 Å². The van der Waals surface area contributed by atoms with E-state index in [2.05, 4.69) is 4.98 Å². The van der Waals surface area contributed by atoms with Gasteiger partial charge < -0.3 is 10.7 Å². The van der Waals surface area contributed by atoms with E-state index in [9.17, 15) is 4.79 Å². The van der Waals surface area contributed by atoms with Crippen LogP contribution in [0.4, 0.5) is 0 Å². The normalized spacial score (nSPS) is 10.8. The van der Waals surface area contributed by atoms with E-state index < -0.39 is 5.91 Å². The van der Waals surface area contributed by atoms with Crippen LogP contribution in [-0.4, -0.2) is 16.8 Å². The zero-order chi connectivity index (χ0) is 11.5. The zero-order valence-corrected chi connectivity index (χ0v) is 9.55. The van der Waals surface area contributed by atoms with Gasteiger partial charge in [0.1, 0.15) is 0 Å². The van der Waals surface area contributed by atoms with Gasteiger partial charge in [-0.25, -0.2) is 0 Å². The minimum atomic E-state index is -0.397. The number of hydrogen-bond donors (Lipinski definition) is 2. The highest BCUT2D eigenvalue weighted by Crippen LogP contribution is 2.21. The number of aromatic nitrogens is 1. The van der Waals surface area contributed by atoms with Crippen LogP contribution in [0.2, 0.25) is 0 Å². The first-order chi connectivity index (χ1) is 7.72. The second-order valence-electron chi connectivity index (χ2n) is 3.73. The lowest BCUT2D eigenvalue weighted by Crippen LogP contribution is -2.10. The van der Waals surface area contributed by atoms with Crippen LogP contribution in [0.15, 0.2) is 24.4 Å². The van der Waals surface area contributed by atoms with Crippen molar-refractivity contribution in [3.8, 4) is 0 Å². The summed E-state index contributed by atoms with van der Waals surface area (Å²) in [5, 5.41) is 1.06. The summed E-state index contributed by atoms with van der Waals surface area (Å²) in [6.07, 6.45) is 3.79. The van der Waals surface area contributed by atoms with Gasteiger partial charge in [-0.15, -0.1) is 11.6 Å². The molecule has 2 aromatic rings. The molecule has 0 aliphatic carbocycles. The fourth-order valence-electron chi connectivity index (χ4n) is 1.80. The molecule has 0 fully saturated rings. The molecule has 1 amide bonds. The molecule has 0 atom stereocenters. The van der Waals surface area contributed by atoms with Crippen LogP contribution in [0, 0.1) is 0 Å². The molecule has 16 heavy (non-hydrogen) atoms. The number of H-pyrrole nitrogens is 1. The molecular weight excluding hydrogens is 224 g/mol. The molecule has 2 rings (SSSR count). The van der Waals surface area contributed by atoms with Gasteiger partial charge in [0.05, 0.1) is 0 Å². The molecule has 1 aromatic carbocycles. The monoisotopic (exact) mass is 236 g/mol. The van der Waals surface area contributed by atoms with Crippen molar-refractivity contribution in [2.75, 3.05) is 5.88 Å². The summed E-state index contributed by atoms with van der Waals surface area (Å²) in [5.41, 5.74) is 8.00. The average molecular weight is 237 g/mol. The number of amides is 1. The first kappa shape index (κ1) is 11.0. The van der Waals surface area contributed by atoms with Gasteiger partial charge in [0.2, 0.25) is 5.91 Å². The van der Waals surface area contributed by atoms with E-state index in [1.165, 1.54) is 5.56 Å². The van der Waals surface area contributed by atoms with Crippen LogP contribution in [-0.2, 0) is 6.42 Å². The largest absolute Gasteiger partial charge is 0.366 e. The van der Waals surface area contributed by atoms with Gasteiger partial charge in [-0.2, -0.15) is 0 Å². The minimum absolute atomic E-state index is 0.397. The predicted molar refractivity (Wildman–Crippen MR) is 65.9 cm³/mol. The average Bonchev–Trinajstić information content (AvgIpc) is 2.68. The number of alkyl halides is 1. The smallest absolute Gasteiger partial charge is 0.248 e. The van der Waals surface area contributed by atoms with Gasteiger partial charge in [0.25, 0.3) is 0 Å². The third-order valence-electron chi connectivity index (χ3n) is 2.63. The van der Waals surface area contributed by atoms with E-state index in [0.717, 1.165) is 23.7 Å². The number of hydrogen-bond acceptors (Lipinski definition) is 1. The summed E-state index contributed by atoms with van der Waals surface area (Å²) in [7, 11) is 0. The number of aromatic amines is 1. The Balaban J connectivity index is 2.43. The van der Waals surface area contributed by atoms with Crippen molar-refractivity contribution in [1.29, 1.82) is 0 Å². The molecule has 0 aliphatic heterocycles. The topological polar surface area (TPSA) is 58.9 Å². The summed E-state index contributed by atoms with van der Waals surface area (Å²) in [6.45, 7) is 0. The fraction of sp³-hybridized carbons (Fsp3) is 0.250. The summed E-state index contributed by atoms with van der Waals surface area (Å²) in [5.74, 6) is 0.244. The zero-order valence-electron chi connectivity index (χ0n) is 8.79. The van der Waals surface area contributed by atoms with E-state index >= 15 is 0 Å². The Morgan fingerprint density at radius 3 is 2.94 bits per heavy atom. The molecule has 0 saturated carbocycles. The lowest BCUT2D eigenvalue weighted by Gasteiger charge is -1.99. The van der Waals surface area contributed by atoms with Crippen LogP contribution >= 0.6 is 11.6 Å². The van der Waals surface area contributed by atoms with Crippen molar-refractivity contribution < 1.29 is 4.79 Å². The van der Waals surface area contributed by atoms with Gasteiger partial charge in [0, 0.05) is 28.5 Å². The standard InChI is InChI=1S/C12H13ClN2O/c13-5-1-2-9-7-15-11-4-3-8(12(14)16)6-10(9)11/h3-4,6-7,15H,1-2,5H2,(H2,14,16). The van der Waals surface area contributed by atoms with Crippen molar-refractivity contribution in [2.24, 2.45) is 5.73 Å². The number of carbonyl (C=O) groups is 1. The predicted octanol–water partition coefficient (Wildman–Crippen LogP) is 2.44. The highest BCUT2D eigenvalue weighted by molar-refractivity contribution is 6.17. The van der Waals surface area contributed by atoms with E-state index in [-0.39, 0.29) is 0 Å². The Morgan fingerprint density at radius 1 is 1.44 bits per heavy atom. The lowest BCUT2D eigenvalue weighted by atomic mass is 10.1. The molecule has 1 aromatic heterocycles.